The van der Waals surface area contributed by atoms with Gasteiger partial charge < -0.3 is 5.73 Å². The summed E-state index contributed by atoms with van der Waals surface area (Å²) in [6, 6.07) is 1.28. The Labute approximate surface area is 144 Å². The zero-order valence-corrected chi connectivity index (χ0v) is 14.5. The minimum absolute atomic E-state index is 0.0173. The molecule has 2 N–H and O–H groups in total. The van der Waals surface area contributed by atoms with Crippen LogP contribution in [0.15, 0.2) is 28.3 Å². The lowest BCUT2D eigenvalue weighted by Crippen LogP contribution is -2.40. The normalized spacial score (nSPS) is 15.2. The number of pyridine rings is 1. The maximum absolute atomic E-state index is 12.8. The lowest BCUT2D eigenvalue weighted by Gasteiger charge is -2.27. The van der Waals surface area contributed by atoms with Crippen molar-refractivity contribution in [3.05, 3.63) is 45.2 Å². The Morgan fingerprint density at radius 1 is 1.38 bits per heavy atom. The summed E-state index contributed by atoms with van der Waals surface area (Å²) in [5, 5.41) is 0.184. The van der Waals surface area contributed by atoms with Crippen molar-refractivity contribution in [1.29, 1.82) is 0 Å². The van der Waals surface area contributed by atoms with Gasteiger partial charge in [0.25, 0.3) is 5.56 Å². The number of fused-ring (bicyclic) bond motifs is 1. The van der Waals surface area contributed by atoms with Crippen LogP contribution >= 0.6 is 11.6 Å². The van der Waals surface area contributed by atoms with E-state index in [1.54, 1.807) is 0 Å². The third kappa shape index (κ3) is 2.79. The predicted molar refractivity (Wildman–Crippen MR) is 89.1 cm³/mol. The summed E-state index contributed by atoms with van der Waals surface area (Å²) in [5.41, 5.74) is 6.60. The molecule has 2 aromatic rings. The summed E-state index contributed by atoms with van der Waals surface area (Å²) in [6.45, 7) is 2.56. The van der Waals surface area contributed by atoms with Gasteiger partial charge in [-0.2, -0.15) is 4.31 Å². The molecule has 0 saturated heterocycles. The highest BCUT2D eigenvalue weighted by Crippen LogP contribution is 2.27. The fraction of sp³-hybridized carbons (Fsp3) is 0.357. The van der Waals surface area contributed by atoms with Crippen molar-refractivity contribution in [3.63, 3.8) is 0 Å². The molecule has 0 atom stereocenters. The van der Waals surface area contributed by atoms with Crippen LogP contribution < -0.4 is 11.3 Å². The van der Waals surface area contributed by atoms with E-state index < -0.39 is 10.0 Å². The monoisotopic (exact) mass is 369 g/mol. The second-order valence-corrected chi connectivity index (χ2v) is 7.73. The number of hydrogen-bond donors (Lipinski definition) is 1. The Hall–Kier alpha value is -1.97. The molecule has 0 saturated carbocycles. The minimum atomic E-state index is -3.87. The molecule has 0 aliphatic carbocycles. The van der Waals surface area contributed by atoms with Gasteiger partial charge in [-0.1, -0.05) is 11.6 Å². The van der Waals surface area contributed by atoms with E-state index in [0.717, 1.165) is 0 Å². The van der Waals surface area contributed by atoms with Gasteiger partial charge in [-0.3, -0.25) is 9.36 Å². The fourth-order valence-electron chi connectivity index (χ4n) is 2.64. The Bertz CT molecular complexity index is 957. The number of nitrogens with zero attached hydrogens (tertiary/aromatic N) is 4. The molecule has 3 heterocycles. The number of rotatable bonds is 3. The third-order valence-corrected chi connectivity index (χ3v) is 6.05. The number of aryl methyl sites for hydroxylation is 1. The molecule has 0 spiro atoms. The first-order valence-corrected chi connectivity index (χ1v) is 9.14. The number of nitrogen functional groups attached to an aromatic ring is 1. The van der Waals surface area contributed by atoms with Gasteiger partial charge in [0.2, 0.25) is 10.0 Å². The van der Waals surface area contributed by atoms with Crippen LogP contribution in [0.3, 0.4) is 0 Å². The van der Waals surface area contributed by atoms with Gasteiger partial charge >= 0.3 is 0 Å². The number of aromatic nitrogens is 3. The van der Waals surface area contributed by atoms with E-state index in [1.165, 1.54) is 27.5 Å². The molecule has 0 amide bonds. The van der Waals surface area contributed by atoms with E-state index in [2.05, 4.69) is 9.97 Å². The van der Waals surface area contributed by atoms with Gasteiger partial charge in [0.15, 0.2) is 0 Å². The van der Waals surface area contributed by atoms with Crippen LogP contribution in [0.5, 0.6) is 0 Å². The number of nitrogens with two attached hydrogens (primary N) is 1. The molecular weight excluding hydrogens is 354 g/mol. The second kappa shape index (κ2) is 6.15. The largest absolute Gasteiger partial charge is 0.383 e. The summed E-state index contributed by atoms with van der Waals surface area (Å²) in [5.74, 6) is -0.112. The number of sulfonamides is 1. The Kier molecular flexibility index (Phi) is 4.33. The molecule has 0 bridgehead atoms. The van der Waals surface area contributed by atoms with Gasteiger partial charge in [0.05, 0.1) is 23.6 Å². The predicted octanol–water partition coefficient (Wildman–Crippen LogP) is 0.641. The van der Waals surface area contributed by atoms with Crippen LogP contribution in [0.2, 0.25) is 5.02 Å². The van der Waals surface area contributed by atoms with Crippen LogP contribution in [0.1, 0.15) is 18.2 Å². The van der Waals surface area contributed by atoms with Gasteiger partial charge in [0, 0.05) is 24.8 Å². The molecule has 1 aliphatic rings. The Balaban J connectivity index is 1.99. The fourth-order valence-corrected chi connectivity index (χ4v) is 4.36. The minimum Gasteiger partial charge on any atom is -0.383 e. The number of anilines is 1. The van der Waals surface area contributed by atoms with E-state index in [9.17, 15) is 13.2 Å². The molecule has 10 heteroatoms. The zero-order chi connectivity index (χ0) is 17.5. The third-order valence-electron chi connectivity index (χ3n) is 3.96. The maximum Gasteiger partial charge on any atom is 0.256 e. The first kappa shape index (κ1) is 16.9. The van der Waals surface area contributed by atoms with Crippen molar-refractivity contribution >= 4 is 27.4 Å². The molecule has 2 aromatic heterocycles. The lowest BCUT2D eigenvalue weighted by molar-refractivity contribution is 0.381. The summed E-state index contributed by atoms with van der Waals surface area (Å²) in [4.78, 5) is 20.2. The molecule has 0 fully saturated rings. The number of halogens is 1. The van der Waals surface area contributed by atoms with Gasteiger partial charge in [-0.05, 0) is 19.4 Å². The van der Waals surface area contributed by atoms with Crippen molar-refractivity contribution in [1.82, 2.24) is 18.8 Å². The standard InChI is InChI=1S/C14H16ClN5O3S/c1-2-19-8-18-11-7-20(4-3-10(11)14(19)21)24(22,23)12-5-9(15)6-17-13(12)16/h5-6,8H,2-4,7H2,1H3,(H2,16,17). The second-order valence-electron chi connectivity index (χ2n) is 5.39. The van der Waals surface area contributed by atoms with E-state index in [-0.39, 0.29) is 34.4 Å². The highest BCUT2D eigenvalue weighted by Gasteiger charge is 2.32. The number of hydrogen-bond acceptors (Lipinski definition) is 6. The SMILES string of the molecule is CCn1cnc2c(c1=O)CCN(S(=O)(=O)c1cc(Cl)cnc1N)C2. The lowest BCUT2D eigenvalue weighted by atomic mass is 10.1. The van der Waals surface area contributed by atoms with Crippen LogP contribution in [-0.2, 0) is 29.5 Å². The van der Waals surface area contributed by atoms with Gasteiger partial charge in [0.1, 0.15) is 10.7 Å². The molecule has 24 heavy (non-hydrogen) atoms. The molecule has 1 aliphatic heterocycles. The topological polar surface area (TPSA) is 111 Å². The summed E-state index contributed by atoms with van der Waals surface area (Å²) < 4.78 is 28.4. The summed E-state index contributed by atoms with van der Waals surface area (Å²) in [7, 11) is -3.87. The molecular formula is C14H16ClN5O3S. The highest BCUT2D eigenvalue weighted by molar-refractivity contribution is 7.89. The van der Waals surface area contributed by atoms with E-state index >= 15 is 0 Å². The Morgan fingerprint density at radius 3 is 2.83 bits per heavy atom. The van der Waals surface area contributed by atoms with Crippen LogP contribution in [-0.4, -0.2) is 33.8 Å². The molecule has 8 nitrogen and oxygen atoms in total. The molecule has 3 rings (SSSR count). The molecule has 0 aromatic carbocycles. The molecule has 0 radical (unpaired) electrons. The van der Waals surface area contributed by atoms with Crippen molar-refractivity contribution in [3.8, 4) is 0 Å². The van der Waals surface area contributed by atoms with Crippen molar-refractivity contribution in [2.75, 3.05) is 12.3 Å². The van der Waals surface area contributed by atoms with Crippen molar-refractivity contribution in [2.24, 2.45) is 0 Å². The first-order valence-electron chi connectivity index (χ1n) is 7.33. The summed E-state index contributed by atoms with van der Waals surface area (Å²) in [6.07, 6.45) is 3.03. The van der Waals surface area contributed by atoms with E-state index in [1.807, 2.05) is 6.92 Å². The summed E-state index contributed by atoms with van der Waals surface area (Å²) >= 11 is 5.84. The van der Waals surface area contributed by atoms with Crippen LogP contribution in [0, 0.1) is 0 Å². The maximum atomic E-state index is 12.8. The van der Waals surface area contributed by atoms with E-state index in [4.69, 9.17) is 17.3 Å². The van der Waals surface area contributed by atoms with Crippen LogP contribution in [0.4, 0.5) is 5.82 Å². The quantitative estimate of drug-likeness (QED) is 0.849. The smallest absolute Gasteiger partial charge is 0.256 e. The van der Waals surface area contributed by atoms with Crippen LogP contribution in [0.25, 0.3) is 0 Å². The Morgan fingerprint density at radius 2 is 2.12 bits per heavy atom. The average Bonchev–Trinajstić information content (AvgIpc) is 2.57. The first-order chi connectivity index (χ1) is 11.3. The highest BCUT2D eigenvalue weighted by atomic mass is 35.5. The van der Waals surface area contributed by atoms with Gasteiger partial charge in [-0.25, -0.2) is 18.4 Å². The van der Waals surface area contributed by atoms with Crippen molar-refractivity contribution in [2.45, 2.75) is 31.3 Å². The average molecular weight is 370 g/mol. The molecule has 0 unspecified atom stereocenters. The zero-order valence-electron chi connectivity index (χ0n) is 12.9. The molecule has 128 valence electrons. The van der Waals surface area contributed by atoms with Crippen molar-refractivity contribution < 1.29 is 8.42 Å². The van der Waals surface area contributed by atoms with E-state index in [0.29, 0.717) is 24.2 Å². The van der Waals surface area contributed by atoms with Gasteiger partial charge in [-0.15, -0.1) is 0 Å².